The first-order valence-electron chi connectivity index (χ1n) is 5.35. The summed E-state index contributed by atoms with van der Waals surface area (Å²) in [6.45, 7) is 0. The molecule has 5 nitrogen and oxygen atoms in total. The Labute approximate surface area is 117 Å². The molecule has 0 spiro atoms. The molecular formula is C13H9BrN4O. The van der Waals surface area contributed by atoms with E-state index < -0.39 is 0 Å². The van der Waals surface area contributed by atoms with E-state index >= 15 is 0 Å². The van der Waals surface area contributed by atoms with E-state index in [1.165, 1.54) is 6.07 Å². The first-order valence-corrected chi connectivity index (χ1v) is 6.14. The number of rotatable bonds is 3. The average Bonchev–Trinajstić information content (AvgIpc) is 2.40. The second-order valence-corrected chi connectivity index (χ2v) is 4.65. The number of benzene rings is 1. The second kappa shape index (κ2) is 5.50. The lowest BCUT2D eigenvalue weighted by Crippen LogP contribution is -2.13. The molecule has 0 unspecified atom stereocenters. The lowest BCUT2D eigenvalue weighted by molar-refractivity contribution is 1.20. The third-order valence-corrected chi connectivity index (χ3v) is 2.88. The molecule has 94 valence electrons. The molecular weight excluding hydrogens is 308 g/mol. The number of halogens is 1. The molecule has 0 atom stereocenters. The van der Waals surface area contributed by atoms with E-state index in [0.29, 0.717) is 5.69 Å². The van der Waals surface area contributed by atoms with Gasteiger partial charge in [-0.05, 0) is 24.3 Å². The van der Waals surface area contributed by atoms with E-state index in [1.807, 2.05) is 24.3 Å². The standard InChI is InChI=1S/C13H9BrN4O/c14-8-2-1-3-9(6-8)17-11-4-5-12(19)18-13(11)10(16)7-15/h1-6,16-17H,(H,18,19). The van der Waals surface area contributed by atoms with Crippen LogP contribution in [0.3, 0.4) is 0 Å². The number of H-pyrrole nitrogens is 1. The number of anilines is 2. The van der Waals surface area contributed by atoms with Crippen LogP contribution in [0.2, 0.25) is 0 Å². The van der Waals surface area contributed by atoms with Gasteiger partial charge in [-0.3, -0.25) is 10.2 Å². The van der Waals surface area contributed by atoms with Gasteiger partial charge in [0, 0.05) is 16.2 Å². The van der Waals surface area contributed by atoms with Crippen LogP contribution in [0.4, 0.5) is 11.4 Å². The zero-order valence-corrected chi connectivity index (χ0v) is 11.3. The van der Waals surface area contributed by atoms with E-state index in [4.69, 9.17) is 10.7 Å². The van der Waals surface area contributed by atoms with Crippen LogP contribution in [0.15, 0.2) is 45.7 Å². The predicted octanol–water partition coefficient (Wildman–Crippen LogP) is 2.77. The van der Waals surface area contributed by atoms with Gasteiger partial charge in [0.25, 0.3) is 0 Å². The summed E-state index contributed by atoms with van der Waals surface area (Å²) < 4.78 is 0.902. The fourth-order valence-electron chi connectivity index (χ4n) is 1.55. The summed E-state index contributed by atoms with van der Waals surface area (Å²) in [6.07, 6.45) is 0. The van der Waals surface area contributed by atoms with Gasteiger partial charge in [0.2, 0.25) is 5.56 Å². The molecule has 0 aliphatic carbocycles. The van der Waals surface area contributed by atoms with Gasteiger partial charge in [-0.2, -0.15) is 5.26 Å². The van der Waals surface area contributed by atoms with Crippen LogP contribution < -0.4 is 10.9 Å². The highest BCUT2D eigenvalue weighted by Crippen LogP contribution is 2.21. The third kappa shape index (κ3) is 3.09. The first kappa shape index (κ1) is 13.1. The highest BCUT2D eigenvalue weighted by Gasteiger charge is 2.09. The SMILES string of the molecule is N#CC(=N)c1[nH]c(=O)ccc1Nc1cccc(Br)c1. The van der Waals surface area contributed by atoms with Crippen LogP contribution in [0, 0.1) is 16.7 Å². The van der Waals surface area contributed by atoms with Crippen molar-refractivity contribution >= 4 is 33.0 Å². The van der Waals surface area contributed by atoms with Crippen molar-refractivity contribution in [1.82, 2.24) is 4.98 Å². The average molecular weight is 317 g/mol. The van der Waals surface area contributed by atoms with E-state index in [0.717, 1.165) is 10.2 Å². The van der Waals surface area contributed by atoms with E-state index in [9.17, 15) is 4.79 Å². The highest BCUT2D eigenvalue weighted by atomic mass is 79.9. The topological polar surface area (TPSA) is 92.5 Å². The molecule has 6 heteroatoms. The lowest BCUT2D eigenvalue weighted by Gasteiger charge is -2.10. The van der Waals surface area contributed by atoms with Gasteiger partial charge in [0.1, 0.15) is 11.8 Å². The highest BCUT2D eigenvalue weighted by molar-refractivity contribution is 9.10. The number of nitrogens with one attached hydrogen (secondary N) is 3. The summed E-state index contributed by atoms with van der Waals surface area (Å²) in [5.41, 5.74) is 0.817. The number of aromatic nitrogens is 1. The number of hydrogen-bond acceptors (Lipinski definition) is 4. The summed E-state index contributed by atoms with van der Waals surface area (Å²) in [5.74, 6) is 0. The van der Waals surface area contributed by atoms with Gasteiger partial charge < -0.3 is 10.3 Å². The van der Waals surface area contributed by atoms with Crippen LogP contribution >= 0.6 is 15.9 Å². The molecule has 0 aliphatic rings. The third-order valence-electron chi connectivity index (χ3n) is 2.38. The zero-order chi connectivity index (χ0) is 13.8. The van der Waals surface area contributed by atoms with Crippen LogP contribution in [0.1, 0.15) is 5.69 Å². The fraction of sp³-hybridized carbons (Fsp3) is 0. The molecule has 2 aromatic rings. The molecule has 0 fully saturated rings. The predicted molar refractivity (Wildman–Crippen MR) is 76.9 cm³/mol. The monoisotopic (exact) mass is 316 g/mol. The molecule has 0 radical (unpaired) electrons. The smallest absolute Gasteiger partial charge is 0.248 e. The van der Waals surface area contributed by atoms with Crippen molar-refractivity contribution in [2.24, 2.45) is 0 Å². The van der Waals surface area contributed by atoms with Gasteiger partial charge in [-0.15, -0.1) is 0 Å². The number of nitriles is 1. The summed E-state index contributed by atoms with van der Waals surface area (Å²) in [6, 6.07) is 12.0. The first-order chi connectivity index (χ1) is 9.10. The molecule has 1 heterocycles. The van der Waals surface area contributed by atoms with Crippen molar-refractivity contribution < 1.29 is 0 Å². The van der Waals surface area contributed by atoms with Gasteiger partial charge >= 0.3 is 0 Å². The fourth-order valence-corrected chi connectivity index (χ4v) is 1.95. The molecule has 19 heavy (non-hydrogen) atoms. The van der Waals surface area contributed by atoms with Crippen LogP contribution in [-0.4, -0.2) is 10.7 Å². The van der Waals surface area contributed by atoms with Gasteiger partial charge in [0.05, 0.1) is 5.69 Å². The van der Waals surface area contributed by atoms with Gasteiger partial charge in [-0.25, -0.2) is 0 Å². The molecule has 0 saturated heterocycles. The van der Waals surface area contributed by atoms with Gasteiger partial charge in [0.15, 0.2) is 5.71 Å². The van der Waals surface area contributed by atoms with Crippen molar-refractivity contribution in [3.05, 3.63) is 56.9 Å². The second-order valence-electron chi connectivity index (χ2n) is 3.73. The minimum absolute atomic E-state index is 0.176. The maximum Gasteiger partial charge on any atom is 0.248 e. The van der Waals surface area contributed by atoms with Crippen molar-refractivity contribution in [3.63, 3.8) is 0 Å². The lowest BCUT2D eigenvalue weighted by atomic mass is 10.2. The van der Waals surface area contributed by atoms with Crippen molar-refractivity contribution in [3.8, 4) is 6.07 Å². The van der Waals surface area contributed by atoms with E-state index in [2.05, 4.69) is 26.2 Å². The van der Waals surface area contributed by atoms with Crippen molar-refractivity contribution in [2.45, 2.75) is 0 Å². The number of nitrogens with zero attached hydrogens (tertiary/aromatic N) is 1. The maximum atomic E-state index is 11.3. The van der Waals surface area contributed by atoms with Crippen molar-refractivity contribution in [2.75, 3.05) is 5.32 Å². The summed E-state index contributed by atoms with van der Waals surface area (Å²) >= 11 is 3.36. The maximum absolute atomic E-state index is 11.3. The Bertz CT molecular complexity index is 730. The number of hydrogen-bond donors (Lipinski definition) is 3. The molecule has 1 aromatic carbocycles. The molecule has 0 amide bonds. The number of aromatic amines is 1. The summed E-state index contributed by atoms with van der Waals surface area (Å²) in [5, 5.41) is 19.4. The molecule has 0 saturated carbocycles. The van der Waals surface area contributed by atoms with E-state index in [1.54, 1.807) is 12.1 Å². The Morgan fingerprint density at radius 3 is 2.84 bits per heavy atom. The molecule has 0 bridgehead atoms. The molecule has 0 aliphatic heterocycles. The van der Waals surface area contributed by atoms with Crippen LogP contribution in [-0.2, 0) is 0 Å². The van der Waals surface area contributed by atoms with Crippen LogP contribution in [0.25, 0.3) is 0 Å². The zero-order valence-electron chi connectivity index (χ0n) is 9.70. The van der Waals surface area contributed by atoms with Gasteiger partial charge in [-0.1, -0.05) is 22.0 Å². The van der Waals surface area contributed by atoms with Crippen molar-refractivity contribution in [1.29, 1.82) is 10.7 Å². The Kier molecular flexibility index (Phi) is 3.78. The Hall–Kier alpha value is -2.39. The largest absolute Gasteiger partial charge is 0.354 e. The minimum atomic E-state index is -0.352. The molecule has 1 aromatic heterocycles. The Balaban J connectivity index is 2.43. The Morgan fingerprint density at radius 2 is 2.16 bits per heavy atom. The molecule has 3 N–H and O–H groups in total. The normalized spacial score (nSPS) is 9.68. The summed E-state index contributed by atoms with van der Waals surface area (Å²) in [4.78, 5) is 13.8. The Morgan fingerprint density at radius 1 is 1.37 bits per heavy atom. The summed E-state index contributed by atoms with van der Waals surface area (Å²) in [7, 11) is 0. The van der Waals surface area contributed by atoms with E-state index in [-0.39, 0.29) is 17.0 Å². The quantitative estimate of drug-likeness (QED) is 0.760. The minimum Gasteiger partial charge on any atom is -0.354 e. The molecule has 2 rings (SSSR count). The van der Waals surface area contributed by atoms with Crippen LogP contribution in [0.5, 0.6) is 0 Å². The number of pyridine rings is 1.